The van der Waals surface area contributed by atoms with Crippen LogP contribution in [-0.4, -0.2) is 23.8 Å². The highest BCUT2D eigenvalue weighted by Gasteiger charge is 2.27. The van der Waals surface area contributed by atoms with E-state index < -0.39 is 0 Å². The van der Waals surface area contributed by atoms with Crippen molar-refractivity contribution in [1.29, 1.82) is 0 Å². The molecule has 0 aromatic rings. The van der Waals surface area contributed by atoms with E-state index in [4.69, 9.17) is 9.47 Å². The predicted octanol–water partition coefficient (Wildman–Crippen LogP) is 5.26. The molecule has 1 aliphatic heterocycles. The van der Waals surface area contributed by atoms with E-state index in [1.807, 2.05) is 13.8 Å². The van der Waals surface area contributed by atoms with Crippen molar-refractivity contribution in [3.63, 3.8) is 0 Å². The summed E-state index contributed by atoms with van der Waals surface area (Å²) >= 11 is 0. The standard InChI is InChI=1S/C19H36O3/c1-6-8-16-10-11-17(21-16)12-13-18(20)22-19(4,5)14-7-9-15(2)3/h15-17H,6-14H2,1-5H3. The predicted molar refractivity (Wildman–Crippen MR) is 90.9 cm³/mol. The minimum atomic E-state index is -0.340. The van der Waals surface area contributed by atoms with Crippen molar-refractivity contribution in [3.05, 3.63) is 0 Å². The molecule has 2 atom stereocenters. The van der Waals surface area contributed by atoms with E-state index in [9.17, 15) is 4.79 Å². The Labute approximate surface area is 137 Å². The number of hydrogen-bond acceptors (Lipinski definition) is 3. The highest BCUT2D eigenvalue weighted by molar-refractivity contribution is 5.69. The van der Waals surface area contributed by atoms with Gasteiger partial charge < -0.3 is 9.47 Å². The molecule has 130 valence electrons. The molecule has 0 amide bonds. The van der Waals surface area contributed by atoms with Crippen LogP contribution in [0.1, 0.15) is 92.4 Å². The summed E-state index contributed by atoms with van der Waals surface area (Å²) in [4.78, 5) is 12.0. The quantitative estimate of drug-likeness (QED) is 0.516. The van der Waals surface area contributed by atoms with Gasteiger partial charge in [-0.2, -0.15) is 0 Å². The van der Waals surface area contributed by atoms with E-state index >= 15 is 0 Å². The van der Waals surface area contributed by atoms with Crippen LogP contribution >= 0.6 is 0 Å². The molecular weight excluding hydrogens is 276 g/mol. The number of hydrogen-bond donors (Lipinski definition) is 0. The highest BCUT2D eigenvalue weighted by Crippen LogP contribution is 2.27. The van der Waals surface area contributed by atoms with Gasteiger partial charge in [-0.15, -0.1) is 0 Å². The molecule has 0 radical (unpaired) electrons. The van der Waals surface area contributed by atoms with Crippen molar-refractivity contribution in [2.75, 3.05) is 0 Å². The third-order valence-corrected chi connectivity index (χ3v) is 4.43. The van der Waals surface area contributed by atoms with Gasteiger partial charge in [-0.05, 0) is 58.3 Å². The van der Waals surface area contributed by atoms with Crippen LogP contribution < -0.4 is 0 Å². The van der Waals surface area contributed by atoms with Gasteiger partial charge in [0.1, 0.15) is 5.60 Å². The molecule has 1 heterocycles. The van der Waals surface area contributed by atoms with Crippen molar-refractivity contribution in [2.45, 2.75) is 110 Å². The van der Waals surface area contributed by atoms with Crippen LogP contribution in [0.5, 0.6) is 0 Å². The van der Waals surface area contributed by atoms with Gasteiger partial charge in [0.25, 0.3) is 0 Å². The molecule has 1 fully saturated rings. The molecular formula is C19H36O3. The smallest absolute Gasteiger partial charge is 0.306 e. The third-order valence-electron chi connectivity index (χ3n) is 4.43. The van der Waals surface area contributed by atoms with Crippen molar-refractivity contribution in [1.82, 2.24) is 0 Å². The molecule has 0 saturated carbocycles. The lowest BCUT2D eigenvalue weighted by atomic mass is 9.97. The second-order valence-electron chi connectivity index (χ2n) is 7.80. The first-order chi connectivity index (χ1) is 10.3. The fourth-order valence-electron chi connectivity index (χ4n) is 3.15. The van der Waals surface area contributed by atoms with Crippen LogP contribution in [0.15, 0.2) is 0 Å². The maximum absolute atomic E-state index is 12.0. The first-order valence-corrected chi connectivity index (χ1v) is 9.19. The topological polar surface area (TPSA) is 35.5 Å². The minimum Gasteiger partial charge on any atom is -0.460 e. The van der Waals surface area contributed by atoms with E-state index in [-0.39, 0.29) is 17.7 Å². The van der Waals surface area contributed by atoms with Gasteiger partial charge in [-0.25, -0.2) is 0 Å². The van der Waals surface area contributed by atoms with Crippen LogP contribution in [0, 0.1) is 5.92 Å². The summed E-state index contributed by atoms with van der Waals surface area (Å²) in [5, 5.41) is 0. The Hall–Kier alpha value is -0.570. The van der Waals surface area contributed by atoms with Crippen molar-refractivity contribution >= 4 is 5.97 Å². The first-order valence-electron chi connectivity index (χ1n) is 9.19. The van der Waals surface area contributed by atoms with E-state index in [2.05, 4.69) is 20.8 Å². The fraction of sp³-hybridized carbons (Fsp3) is 0.947. The molecule has 2 unspecified atom stereocenters. The molecule has 0 spiro atoms. The molecule has 0 aromatic heterocycles. The van der Waals surface area contributed by atoms with Gasteiger partial charge in [0, 0.05) is 6.42 Å². The van der Waals surface area contributed by atoms with Crippen LogP contribution in [-0.2, 0) is 14.3 Å². The van der Waals surface area contributed by atoms with Gasteiger partial charge in [0.15, 0.2) is 0 Å². The molecule has 22 heavy (non-hydrogen) atoms. The summed E-state index contributed by atoms with van der Waals surface area (Å²) in [5.41, 5.74) is -0.340. The first kappa shape index (κ1) is 19.5. The monoisotopic (exact) mass is 312 g/mol. The molecule has 1 rings (SSSR count). The van der Waals surface area contributed by atoms with Crippen molar-refractivity contribution in [2.24, 2.45) is 5.92 Å². The van der Waals surface area contributed by atoms with E-state index in [0.717, 1.165) is 38.5 Å². The van der Waals surface area contributed by atoms with Gasteiger partial charge >= 0.3 is 5.97 Å². The van der Waals surface area contributed by atoms with Crippen molar-refractivity contribution in [3.8, 4) is 0 Å². The zero-order valence-corrected chi connectivity index (χ0v) is 15.3. The summed E-state index contributed by atoms with van der Waals surface area (Å²) in [6.45, 7) is 10.7. The Morgan fingerprint density at radius 2 is 1.86 bits per heavy atom. The summed E-state index contributed by atoms with van der Waals surface area (Å²) < 4.78 is 11.6. The lowest BCUT2D eigenvalue weighted by Crippen LogP contribution is -2.28. The van der Waals surface area contributed by atoms with Crippen LogP contribution in [0.25, 0.3) is 0 Å². The molecule has 3 nitrogen and oxygen atoms in total. The normalized spacial score (nSPS) is 22.3. The Bertz CT molecular complexity index is 323. The molecule has 0 aliphatic carbocycles. The van der Waals surface area contributed by atoms with Gasteiger partial charge in [0.05, 0.1) is 12.2 Å². The van der Waals surface area contributed by atoms with E-state index in [1.165, 1.54) is 12.8 Å². The molecule has 0 N–H and O–H groups in total. The van der Waals surface area contributed by atoms with Crippen LogP contribution in [0.2, 0.25) is 0 Å². The molecule has 0 bridgehead atoms. The van der Waals surface area contributed by atoms with E-state index in [0.29, 0.717) is 18.4 Å². The Morgan fingerprint density at radius 3 is 2.45 bits per heavy atom. The van der Waals surface area contributed by atoms with Crippen LogP contribution in [0.4, 0.5) is 0 Å². The fourth-order valence-corrected chi connectivity index (χ4v) is 3.15. The second kappa shape index (κ2) is 9.54. The lowest BCUT2D eigenvalue weighted by molar-refractivity contribution is -0.158. The minimum absolute atomic E-state index is 0.0721. The largest absolute Gasteiger partial charge is 0.460 e. The van der Waals surface area contributed by atoms with Gasteiger partial charge in [-0.3, -0.25) is 4.79 Å². The average Bonchev–Trinajstić information content (AvgIpc) is 2.83. The summed E-state index contributed by atoms with van der Waals surface area (Å²) in [7, 11) is 0. The Morgan fingerprint density at radius 1 is 1.23 bits per heavy atom. The van der Waals surface area contributed by atoms with Gasteiger partial charge in [0.2, 0.25) is 0 Å². The van der Waals surface area contributed by atoms with Crippen molar-refractivity contribution < 1.29 is 14.3 Å². The number of carbonyl (C=O) groups is 1. The average molecular weight is 312 g/mol. The molecule has 1 saturated heterocycles. The van der Waals surface area contributed by atoms with Crippen LogP contribution in [0.3, 0.4) is 0 Å². The molecule has 1 aliphatic rings. The summed E-state index contributed by atoms with van der Waals surface area (Å²) in [6.07, 6.45) is 9.76. The number of rotatable bonds is 10. The molecule has 3 heteroatoms. The van der Waals surface area contributed by atoms with Gasteiger partial charge in [-0.1, -0.05) is 33.6 Å². The summed E-state index contributed by atoms with van der Waals surface area (Å²) in [5.74, 6) is 0.638. The lowest BCUT2D eigenvalue weighted by Gasteiger charge is -2.26. The zero-order valence-electron chi connectivity index (χ0n) is 15.3. The Kier molecular flexibility index (Phi) is 8.45. The highest BCUT2D eigenvalue weighted by atomic mass is 16.6. The maximum Gasteiger partial charge on any atom is 0.306 e. The summed E-state index contributed by atoms with van der Waals surface area (Å²) in [6, 6.07) is 0. The SMILES string of the molecule is CCCC1CCC(CCC(=O)OC(C)(C)CCCC(C)C)O1. The molecule has 0 aromatic carbocycles. The third kappa shape index (κ3) is 8.17. The number of esters is 1. The number of carbonyl (C=O) groups excluding carboxylic acids is 1. The maximum atomic E-state index is 12.0. The zero-order chi connectivity index (χ0) is 16.6. The Balaban J connectivity index is 2.19. The van der Waals surface area contributed by atoms with E-state index in [1.54, 1.807) is 0 Å². The second-order valence-corrected chi connectivity index (χ2v) is 7.80. The number of ether oxygens (including phenoxy) is 2.